The van der Waals surface area contributed by atoms with Crippen LogP contribution in [-0.2, 0) is 6.54 Å². The van der Waals surface area contributed by atoms with E-state index in [4.69, 9.17) is 10.5 Å². The van der Waals surface area contributed by atoms with Gasteiger partial charge in [-0.2, -0.15) is 0 Å². The largest absolute Gasteiger partial charge is 0.489 e. The summed E-state index contributed by atoms with van der Waals surface area (Å²) in [7, 11) is 0. The van der Waals surface area contributed by atoms with Gasteiger partial charge < -0.3 is 15.8 Å². The molecule has 0 heterocycles. The number of aliphatic imine (C=N–C) groups is 1. The second-order valence-electron chi connectivity index (χ2n) is 4.33. The number of para-hydroxylation sites is 1. The van der Waals surface area contributed by atoms with E-state index < -0.39 is 0 Å². The van der Waals surface area contributed by atoms with E-state index in [9.17, 15) is 0 Å². The summed E-state index contributed by atoms with van der Waals surface area (Å²) < 4.78 is 5.56. The summed E-state index contributed by atoms with van der Waals surface area (Å²) in [5.74, 6) is 1.34. The smallest absolute Gasteiger partial charge is 0.189 e. The number of nitrogens with one attached hydrogen (secondary N) is 1. The number of hydrogen-bond donors (Lipinski definition) is 2. The molecule has 4 nitrogen and oxygen atoms in total. The molecule has 1 aliphatic rings. The van der Waals surface area contributed by atoms with Crippen LogP contribution < -0.4 is 15.8 Å². The molecule has 0 unspecified atom stereocenters. The molecule has 4 heteroatoms. The number of nitrogens with two attached hydrogens (primary N) is 1. The predicted octanol–water partition coefficient (Wildman–Crippen LogP) is 1.82. The van der Waals surface area contributed by atoms with E-state index in [0.717, 1.165) is 11.3 Å². The van der Waals surface area contributed by atoms with Gasteiger partial charge >= 0.3 is 0 Å². The van der Waals surface area contributed by atoms with Gasteiger partial charge in [0, 0.05) is 11.6 Å². The highest BCUT2D eigenvalue weighted by Gasteiger charge is 2.21. The molecule has 0 radical (unpaired) electrons. The Morgan fingerprint density at radius 2 is 2.28 bits per heavy atom. The predicted molar refractivity (Wildman–Crippen MR) is 73.6 cm³/mol. The second kappa shape index (κ2) is 6.10. The van der Waals surface area contributed by atoms with Gasteiger partial charge in [0.15, 0.2) is 5.96 Å². The molecule has 0 bridgehead atoms. The van der Waals surface area contributed by atoms with Crippen molar-refractivity contribution in [2.24, 2.45) is 10.7 Å². The van der Waals surface area contributed by atoms with E-state index in [1.54, 1.807) is 6.08 Å². The molecule has 0 spiro atoms. The fourth-order valence-electron chi connectivity index (χ4n) is 1.58. The van der Waals surface area contributed by atoms with Crippen molar-refractivity contribution in [3.8, 4) is 5.75 Å². The lowest BCUT2D eigenvalue weighted by Crippen LogP contribution is -2.33. The molecule has 0 atom stereocenters. The Morgan fingerprint density at radius 1 is 1.50 bits per heavy atom. The molecule has 96 valence electrons. The molecule has 1 aromatic carbocycles. The zero-order chi connectivity index (χ0) is 12.8. The maximum absolute atomic E-state index is 5.79. The van der Waals surface area contributed by atoms with Crippen molar-refractivity contribution in [1.82, 2.24) is 5.32 Å². The first-order valence-electron chi connectivity index (χ1n) is 6.17. The van der Waals surface area contributed by atoms with Crippen molar-refractivity contribution in [3.63, 3.8) is 0 Å². The highest BCUT2D eigenvalue weighted by molar-refractivity contribution is 5.78. The maximum Gasteiger partial charge on any atom is 0.189 e. The zero-order valence-corrected chi connectivity index (χ0v) is 10.4. The molecule has 1 aromatic rings. The van der Waals surface area contributed by atoms with Crippen molar-refractivity contribution in [2.45, 2.75) is 25.4 Å². The van der Waals surface area contributed by atoms with Crippen molar-refractivity contribution in [2.75, 3.05) is 6.61 Å². The maximum atomic E-state index is 5.79. The second-order valence-corrected chi connectivity index (χ2v) is 4.33. The molecular weight excluding hydrogens is 226 g/mol. The van der Waals surface area contributed by atoms with E-state index >= 15 is 0 Å². The lowest BCUT2D eigenvalue weighted by molar-refractivity contribution is 0.359. The minimum Gasteiger partial charge on any atom is -0.489 e. The molecule has 1 aliphatic carbocycles. The Kier molecular flexibility index (Phi) is 4.23. The van der Waals surface area contributed by atoms with Crippen LogP contribution in [0.5, 0.6) is 5.75 Å². The lowest BCUT2D eigenvalue weighted by Gasteiger charge is -2.09. The van der Waals surface area contributed by atoms with Gasteiger partial charge in [-0.3, -0.25) is 0 Å². The quantitative estimate of drug-likeness (QED) is 0.456. The van der Waals surface area contributed by atoms with Crippen molar-refractivity contribution in [1.29, 1.82) is 0 Å². The van der Waals surface area contributed by atoms with E-state index in [1.165, 1.54) is 12.8 Å². The summed E-state index contributed by atoms with van der Waals surface area (Å²) in [5, 5.41) is 3.16. The molecule has 0 amide bonds. The first kappa shape index (κ1) is 12.5. The van der Waals surface area contributed by atoms with E-state index in [2.05, 4.69) is 16.9 Å². The third-order valence-electron chi connectivity index (χ3n) is 2.68. The number of hydrogen-bond acceptors (Lipinski definition) is 2. The molecule has 3 N–H and O–H groups in total. The molecule has 18 heavy (non-hydrogen) atoms. The van der Waals surface area contributed by atoms with Crippen LogP contribution in [0.3, 0.4) is 0 Å². The average molecular weight is 245 g/mol. The topological polar surface area (TPSA) is 59.6 Å². The monoisotopic (exact) mass is 245 g/mol. The average Bonchev–Trinajstić information content (AvgIpc) is 3.18. The molecular formula is C14H19N3O. The summed E-state index contributed by atoms with van der Waals surface area (Å²) in [6.45, 7) is 4.66. The number of nitrogens with zero attached hydrogens (tertiary/aromatic N) is 1. The summed E-state index contributed by atoms with van der Waals surface area (Å²) in [6.07, 6.45) is 4.10. The van der Waals surface area contributed by atoms with Crippen LogP contribution in [0.2, 0.25) is 0 Å². The lowest BCUT2D eigenvalue weighted by atomic mass is 10.2. The Labute approximate surface area is 108 Å². The highest BCUT2D eigenvalue weighted by Crippen LogP contribution is 2.20. The highest BCUT2D eigenvalue weighted by atomic mass is 16.5. The van der Waals surface area contributed by atoms with Crippen LogP contribution in [0, 0.1) is 0 Å². The van der Waals surface area contributed by atoms with Crippen molar-refractivity contribution in [3.05, 3.63) is 42.5 Å². The number of rotatable bonds is 6. The van der Waals surface area contributed by atoms with Gasteiger partial charge in [-0.15, -0.1) is 0 Å². The van der Waals surface area contributed by atoms with Crippen LogP contribution in [0.25, 0.3) is 0 Å². The molecule has 0 saturated heterocycles. The minimum absolute atomic E-state index is 0.497. The fourth-order valence-corrected chi connectivity index (χ4v) is 1.58. The fraction of sp³-hybridized carbons (Fsp3) is 0.357. The van der Waals surface area contributed by atoms with Crippen LogP contribution in [0.1, 0.15) is 18.4 Å². The molecule has 2 rings (SSSR count). The van der Waals surface area contributed by atoms with Gasteiger partial charge in [0.1, 0.15) is 12.4 Å². The van der Waals surface area contributed by atoms with Crippen LogP contribution in [-0.4, -0.2) is 18.6 Å². The molecule has 1 fully saturated rings. The third kappa shape index (κ3) is 3.80. The summed E-state index contributed by atoms with van der Waals surface area (Å²) in [6, 6.07) is 8.36. The number of benzene rings is 1. The number of guanidine groups is 1. The standard InChI is InChI=1S/C14H19N3O/c1-2-9-18-13-6-4-3-5-11(13)10-16-14(15)17-12-7-8-12/h2-6,12H,1,7-10H2,(H3,15,16,17). The van der Waals surface area contributed by atoms with E-state index in [1.807, 2.05) is 24.3 Å². The minimum atomic E-state index is 0.497. The SMILES string of the molecule is C=CCOc1ccccc1CN=C(N)NC1CC1. The molecule has 1 saturated carbocycles. The van der Waals surface area contributed by atoms with Crippen LogP contribution in [0.15, 0.2) is 41.9 Å². The van der Waals surface area contributed by atoms with Gasteiger partial charge in [0.25, 0.3) is 0 Å². The summed E-state index contributed by atoms with van der Waals surface area (Å²) in [5.41, 5.74) is 6.82. The Balaban J connectivity index is 1.96. The van der Waals surface area contributed by atoms with Crippen molar-refractivity contribution < 1.29 is 4.74 Å². The van der Waals surface area contributed by atoms with E-state index in [-0.39, 0.29) is 0 Å². The third-order valence-corrected chi connectivity index (χ3v) is 2.68. The Bertz CT molecular complexity index is 438. The first-order chi connectivity index (χ1) is 8.79. The van der Waals surface area contributed by atoms with E-state index in [0.29, 0.717) is 25.2 Å². The first-order valence-corrected chi connectivity index (χ1v) is 6.17. The van der Waals surface area contributed by atoms with Gasteiger partial charge in [-0.05, 0) is 18.9 Å². The van der Waals surface area contributed by atoms with Gasteiger partial charge in [-0.1, -0.05) is 30.9 Å². The number of ether oxygens (including phenoxy) is 1. The Morgan fingerprint density at radius 3 is 3.00 bits per heavy atom. The van der Waals surface area contributed by atoms with Crippen molar-refractivity contribution >= 4 is 5.96 Å². The molecule has 0 aliphatic heterocycles. The Hall–Kier alpha value is -1.97. The zero-order valence-electron chi connectivity index (χ0n) is 10.4. The summed E-state index contributed by atoms with van der Waals surface area (Å²) >= 11 is 0. The molecule has 0 aromatic heterocycles. The van der Waals surface area contributed by atoms with Gasteiger partial charge in [-0.25, -0.2) is 4.99 Å². The van der Waals surface area contributed by atoms with Gasteiger partial charge in [0.2, 0.25) is 0 Å². The van der Waals surface area contributed by atoms with Crippen LogP contribution in [0.4, 0.5) is 0 Å². The normalized spacial score (nSPS) is 15.2. The van der Waals surface area contributed by atoms with Gasteiger partial charge in [0.05, 0.1) is 6.54 Å². The summed E-state index contributed by atoms with van der Waals surface area (Å²) in [4.78, 5) is 4.32. The van der Waals surface area contributed by atoms with Crippen LogP contribution >= 0.6 is 0 Å².